The van der Waals surface area contributed by atoms with Gasteiger partial charge < -0.3 is 4.57 Å². The molecule has 1 heterocycles. The lowest BCUT2D eigenvalue weighted by Crippen LogP contribution is -2.06. The van der Waals surface area contributed by atoms with Crippen LogP contribution in [-0.4, -0.2) is 14.8 Å². The molecule has 0 amide bonds. The molecule has 0 saturated carbocycles. The summed E-state index contributed by atoms with van der Waals surface area (Å²) in [6, 6.07) is 0. The highest BCUT2D eigenvalue weighted by atomic mass is 35.5. The van der Waals surface area contributed by atoms with E-state index in [1.807, 2.05) is 0 Å². The molecule has 0 saturated heterocycles. The second-order valence-electron chi connectivity index (χ2n) is 5.19. The minimum absolute atomic E-state index is 0.462. The summed E-state index contributed by atoms with van der Waals surface area (Å²) in [5.74, 6) is 2.50. The number of aryl methyl sites for hydroxylation is 1. The van der Waals surface area contributed by atoms with Gasteiger partial charge in [-0.2, -0.15) is 0 Å². The maximum Gasteiger partial charge on any atom is 0.147 e. The van der Waals surface area contributed by atoms with E-state index in [-0.39, 0.29) is 0 Å². The van der Waals surface area contributed by atoms with Crippen LogP contribution in [0.2, 0.25) is 0 Å². The summed E-state index contributed by atoms with van der Waals surface area (Å²) in [6.07, 6.45) is 11.5. The topological polar surface area (TPSA) is 30.7 Å². The number of halogens is 1. The second-order valence-corrected chi connectivity index (χ2v) is 5.46. The molecule has 4 heteroatoms. The van der Waals surface area contributed by atoms with Crippen LogP contribution >= 0.6 is 11.6 Å². The fraction of sp³-hybridized carbons (Fsp3) is 0.867. The summed E-state index contributed by atoms with van der Waals surface area (Å²) in [7, 11) is 0. The van der Waals surface area contributed by atoms with E-state index in [0.717, 1.165) is 31.0 Å². The lowest BCUT2D eigenvalue weighted by molar-refractivity contribution is 0.565. The highest BCUT2D eigenvalue weighted by Crippen LogP contribution is 2.12. The number of alkyl halides is 1. The zero-order chi connectivity index (χ0) is 13.9. The minimum Gasteiger partial charge on any atom is -0.314 e. The lowest BCUT2D eigenvalue weighted by atomic mass is 10.1. The summed E-state index contributed by atoms with van der Waals surface area (Å²) in [4.78, 5) is 0. The summed E-state index contributed by atoms with van der Waals surface area (Å²) < 4.78 is 2.20. The van der Waals surface area contributed by atoms with Crippen molar-refractivity contribution >= 4 is 11.6 Å². The monoisotopic (exact) mass is 285 g/mol. The fourth-order valence-electron chi connectivity index (χ4n) is 2.38. The molecule has 0 fully saturated rings. The van der Waals surface area contributed by atoms with Gasteiger partial charge in [0.15, 0.2) is 0 Å². The number of unbranched alkanes of at least 4 members (excludes halogenated alkanes) is 6. The average molecular weight is 286 g/mol. The Morgan fingerprint density at radius 2 is 1.47 bits per heavy atom. The molecule has 110 valence electrons. The van der Waals surface area contributed by atoms with E-state index in [4.69, 9.17) is 11.6 Å². The summed E-state index contributed by atoms with van der Waals surface area (Å²) >= 11 is 5.89. The van der Waals surface area contributed by atoms with Crippen LogP contribution in [0.3, 0.4) is 0 Å². The van der Waals surface area contributed by atoms with Gasteiger partial charge in [0.25, 0.3) is 0 Å². The number of hydrogen-bond acceptors (Lipinski definition) is 2. The molecule has 0 atom stereocenters. The Morgan fingerprint density at radius 1 is 0.842 bits per heavy atom. The van der Waals surface area contributed by atoms with Crippen LogP contribution in [0.25, 0.3) is 0 Å². The van der Waals surface area contributed by atoms with Gasteiger partial charge in [-0.1, -0.05) is 52.4 Å². The summed E-state index contributed by atoms with van der Waals surface area (Å²) in [6.45, 7) is 5.42. The van der Waals surface area contributed by atoms with Crippen LogP contribution in [0.5, 0.6) is 0 Å². The zero-order valence-corrected chi connectivity index (χ0v) is 13.3. The molecule has 1 aromatic heterocycles. The molecule has 1 rings (SSSR count). The van der Waals surface area contributed by atoms with Crippen LogP contribution < -0.4 is 0 Å². The van der Waals surface area contributed by atoms with Gasteiger partial charge in [0.1, 0.15) is 11.6 Å². The number of nitrogens with zero attached hydrogens (tertiary/aromatic N) is 3. The van der Waals surface area contributed by atoms with Crippen molar-refractivity contribution in [3.8, 4) is 0 Å². The smallest absolute Gasteiger partial charge is 0.147 e. The van der Waals surface area contributed by atoms with Gasteiger partial charge in [-0.25, -0.2) is 0 Å². The predicted molar refractivity (Wildman–Crippen MR) is 81.6 cm³/mol. The molecule has 0 aliphatic heterocycles. The maximum absolute atomic E-state index is 5.89. The first-order valence-electron chi connectivity index (χ1n) is 7.80. The normalized spacial score (nSPS) is 11.1. The predicted octanol–water partition coefficient (Wildman–Crippen LogP) is 4.72. The maximum atomic E-state index is 5.89. The van der Waals surface area contributed by atoms with Crippen molar-refractivity contribution in [2.45, 2.75) is 84.1 Å². The highest BCUT2D eigenvalue weighted by Gasteiger charge is 2.09. The molecule has 0 radical (unpaired) electrons. The van der Waals surface area contributed by atoms with E-state index in [9.17, 15) is 0 Å². The average Bonchev–Trinajstić information content (AvgIpc) is 2.81. The second kappa shape index (κ2) is 10.2. The van der Waals surface area contributed by atoms with Crippen molar-refractivity contribution in [2.75, 3.05) is 0 Å². The van der Waals surface area contributed by atoms with Gasteiger partial charge in [-0.05, 0) is 12.8 Å². The number of rotatable bonds is 11. The van der Waals surface area contributed by atoms with Crippen molar-refractivity contribution in [3.63, 3.8) is 0 Å². The van der Waals surface area contributed by atoms with Crippen LogP contribution in [-0.2, 0) is 18.8 Å². The molecule has 0 bridgehead atoms. The standard InChI is InChI=1S/C15H28ClN3/c1-3-5-6-7-8-9-10-11-14-17-18-15(13-16)19(14)12-4-2/h3-13H2,1-2H3. The Hall–Kier alpha value is -0.570. The first-order chi connectivity index (χ1) is 9.33. The third kappa shape index (κ3) is 5.94. The van der Waals surface area contributed by atoms with Gasteiger partial charge in [0, 0.05) is 13.0 Å². The van der Waals surface area contributed by atoms with E-state index in [0.29, 0.717) is 5.88 Å². The fourth-order valence-corrected chi connectivity index (χ4v) is 2.58. The van der Waals surface area contributed by atoms with E-state index >= 15 is 0 Å². The van der Waals surface area contributed by atoms with Crippen molar-refractivity contribution in [3.05, 3.63) is 11.6 Å². The van der Waals surface area contributed by atoms with Crippen molar-refractivity contribution in [1.29, 1.82) is 0 Å². The van der Waals surface area contributed by atoms with E-state index in [1.165, 1.54) is 44.9 Å². The molecule has 1 aromatic rings. The highest BCUT2D eigenvalue weighted by molar-refractivity contribution is 6.16. The number of hydrogen-bond donors (Lipinski definition) is 0. The van der Waals surface area contributed by atoms with Gasteiger partial charge in [0.2, 0.25) is 0 Å². The third-order valence-corrected chi connectivity index (χ3v) is 3.71. The molecule has 3 nitrogen and oxygen atoms in total. The Bertz CT molecular complexity index is 336. The van der Waals surface area contributed by atoms with Gasteiger partial charge >= 0.3 is 0 Å². The molecule has 0 N–H and O–H groups in total. The third-order valence-electron chi connectivity index (χ3n) is 3.47. The van der Waals surface area contributed by atoms with Crippen molar-refractivity contribution < 1.29 is 0 Å². The van der Waals surface area contributed by atoms with Crippen LogP contribution in [0.15, 0.2) is 0 Å². The zero-order valence-electron chi connectivity index (χ0n) is 12.5. The molecular formula is C15H28ClN3. The van der Waals surface area contributed by atoms with Crippen LogP contribution in [0, 0.1) is 0 Å². The van der Waals surface area contributed by atoms with Gasteiger partial charge in [0.05, 0.1) is 5.88 Å². The van der Waals surface area contributed by atoms with Crippen LogP contribution in [0.4, 0.5) is 0 Å². The summed E-state index contributed by atoms with van der Waals surface area (Å²) in [5, 5.41) is 8.46. The van der Waals surface area contributed by atoms with E-state index in [1.54, 1.807) is 0 Å². The van der Waals surface area contributed by atoms with Gasteiger partial charge in [-0.15, -0.1) is 21.8 Å². The molecule has 0 aromatic carbocycles. The van der Waals surface area contributed by atoms with E-state index < -0.39 is 0 Å². The Labute approximate surface area is 122 Å². The quantitative estimate of drug-likeness (QED) is 0.435. The lowest BCUT2D eigenvalue weighted by Gasteiger charge is -2.07. The molecule has 0 aliphatic carbocycles. The minimum atomic E-state index is 0.462. The summed E-state index contributed by atoms with van der Waals surface area (Å²) in [5.41, 5.74) is 0. The molecule has 0 unspecified atom stereocenters. The van der Waals surface area contributed by atoms with E-state index in [2.05, 4.69) is 28.6 Å². The largest absolute Gasteiger partial charge is 0.314 e. The Kier molecular flexibility index (Phi) is 8.89. The Morgan fingerprint density at radius 3 is 2.11 bits per heavy atom. The molecule has 19 heavy (non-hydrogen) atoms. The first kappa shape index (κ1) is 16.5. The van der Waals surface area contributed by atoms with Crippen LogP contribution in [0.1, 0.15) is 76.9 Å². The Balaban J connectivity index is 2.26. The van der Waals surface area contributed by atoms with Gasteiger partial charge in [-0.3, -0.25) is 0 Å². The number of aromatic nitrogens is 3. The molecular weight excluding hydrogens is 258 g/mol. The van der Waals surface area contributed by atoms with Crippen molar-refractivity contribution in [1.82, 2.24) is 14.8 Å². The first-order valence-corrected chi connectivity index (χ1v) is 8.33. The molecule has 0 aliphatic rings. The molecule has 0 spiro atoms. The van der Waals surface area contributed by atoms with Crippen molar-refractivity contribution in [2.24, 2.45) is 0 Å². The SMILES string of the molecule is CCCCCCCCCc1nnc(CCl)n1CCC.